The smallest absolute Gasteiger partial charge is 0.142 e. The average Bonchev–Trinajstić information content (AvgIpc) is 2.84. The molecular formula is C15H18N2S. The third-order valence-corrected chi connectivity index (χ3v) is 4.43. The van der Waals surface area contributed by atoms with Gasteiger partial charge in [0, 0.05) is 16.0 Å². The molecule has 0 bridgehead atoms. The summed E-state index contributed by atoms with van der Waals surface area (Å²) < 4.78 is 1.34. The van der Waals surface area contributed by atoms with Crippen LogP contribution in [0.25, 0.3) is 20.4 Å². The Morgan fingerprint density at radius 1 is 1.11 bits per heavy atom. The van der Waals surface area contributed by atoms with Crippen LogP contribution in [-0.4, -0.2) is 9.97 Å². The highest BCUT2D eigenvalue weighted by Crippen LogP contribution is 2.34. The zero-order chi connectivity index (χ0) is 12.9. The van der Waals surface area contributed by atoms with E-state index in [1.54, 1.807) is 11.3 Å². The molecule has 2 nitrogen and oxygen atoms in total. The van der Waals surface area contributed by atoms with Gasteiger partial charge in [-0.15, -0.1) is 11.3 Å². The lowest BCUT2D eigenvalue weighted by Crippen LogP contribution is -1.89. The van der Waals surface area contributed by atoms with Crippen LogP contribution in [0.4, 0.5) is 0 Å². The van der Waals surface area contributed by atoms with Crippen LogP contribution in [0, 0.1) is 0 Å². The number of imidazole rings is 1. The first-order chi connectivity index (χ1) is 8.56. The van der Waals surface area contributed by atoms with Crippen LogP contribution in [0.15, 0.2) is 18.2 Å². The molecule has 2 heterocycles. The summed E-state index contributed by atoms with van der Waals surface area (Å²) in [7, 11) is 0. The molecule has 94 valence electrons. The normalized spacial score (nSPS) is 12.3. The van der Waals surface area contributed by atoms with Crippen LogP contribution in [0.2, 0.25) is 0 Å². The molecule has 0 unspecified atom stereocenters. The number of thiophene rings is 1. The van der Waals surface area contributed by atoms with Gasteiger partial charge in [-0.3, -0.25) is 0 Å². The van der Waals surface area contributed by atoms with Gasteiger partial charge in [-0.2, -0.15) is 0 Å². The van der Waals surface area contributed by atoms with E-state index in [1.165, 1.54) is 21.2 Å². The number of nitrogens with zero attached hydrogens (tertiary/aromatic N) is 1. The van der Waals surface area contributed by atoms with E-state index in [2.05, 4.69) is 55.9 Å². The molecule has 0 fully saturated rings. The molecule has 0 spiro atoms. The molecule has 0 saturated carbocycles. The molecule has 0 aliphatic carbocycles. The van der Waals surface area contributed by atoms with Gasteiger partial charge < -0.3 is 4.98 Å². The van der Waals surface area contributed by atoms with Gasteiger partial charge in [0.25, 0.3) is 0 Å². The largest absolute Gasteiger partial charge is 0.341 e. The van der Waals surface area contributed by atoms with Crippen molar-refractivity contribution in [3.63, 3.8) is 0 Å². The summed E-state index contributed by atoms with van der Waals surface area (Å²) in [5.74, 6) is 2.12. The Labute approximate surface area is 111 Å². The van der Waals surface area contributed by atoms with E-state index in [9.17, 15) is 0 Å². The first-order valence-corrected chi connectivity index (χ1v) is 7.30. The highest BCUT2D eigenvalue weighted by Gasteiger charge is 2.13. The third-order valence-electron chi connectivity index (χ3n) is 3.38. The molecule has 0 radical (unpaired) electrons. The van der Waals surface area contributed by atoms with Crippen molar-refractivity contribution in [3.8, 4) is 0 Å². The number of aromatic nitrogens is 2. The highest BCUT2D eigenvalue weighted by molar-refractivity contribution is 7.25. The van der Waals surface area contributed by atoms with Crippen LogP contribution in [0.1, 0.15) is 50.9 Å². The monoisotopic (exact) mass is 258 g/mol. The molecule has 0 saturated heterocycles. The summed E-state index contributed by atoms with van der Waals surface area (Å²) in [6, 6.07) is 6.76. The lowest BCUT2D eigenvalue weighted by Gasteiger charge is -2.04. The summed E-state index contributed by atoms with van der Waals surface area (Å²) in [6.45, 7) is 8.80. The van der Waals surface area contributed by atoms with E-state index < -0.39 is 0 Å². The molecule has 3 rings (SSSR count). The van der Waals surface area contributed by atoms with Crippen molar-refractivity contribution >= 4 is 31.8 Å². The van der Waals surface area contributed by atoms with Crippen molar-refractivity contribution in [2.75, 3.05) is 0 Å². The van der Waals surface area contributed by atoms with Gasteiger partial charge in [0.2, 0.25) is 0 Å². The standard InChI is InChI=1S/C15H18N2S/c1-8(2)10-5-6-11-12(7-10)18-15-13(11)16-14(17-15)9(3)4/h5-9H,1-4H3,(H,16,17). The van der Waals surface area contributed by atoms with Gasteiger partial charge in [0.1, 0.15) is 10.7 Å². The Balaban J connectivity index is 2.23. The van der Waals surface area contributed by atoms with Crippen LogP contribution in [0.3, 0.4) is 0 Å². The third kappa shape index (κ3) is 1.74. The fraction of sp³-hybridized carbons (Fsp3) is 0.400. The molecule has 18 heavy (non-hydrogen) atoms. The minimum atomic E-state index is 0.453. The van der Waals surface area contributed by atoms with Crippen molar-refractivity contribution in [2.24, 2.45) is 0 Å². The molecular weight excluding hydrogens is 240 g/mol. The van der Waals surface area contributed by atoms with E-state index in [1.807, 2.05) is 0 Å². The van der Waals surface area contributed by atoms with Crippen LogP contribution >= 0.6 is 11.3 Å². The number of hydrogen-bond donors (Lipinski definition) is 1. The van der Waals surface area contributed by atoms with Crippen molar-refractivity contribution in [1.29, 1.82) is 0 Å². The fourth-order valence-corrected chi connectivity index (χ4v) is 3.29. The molecule has 3 heteroatoms. The predicted molar refractivity (Wildman–Crippen MR) is 79.7 cm³/mol. The van der Waals surface area contributed by atoms with Gasteiger partial charge in [-0.1, -0.05) is 39.8 Å². The molecule has 3 aromatic rings. The predicted octanol–water partition coefficient (Wildman–Crippen LogP) is 5.02. The van der Waals surface area contributed by atoms with Gasteiger partial charge in [-0.05, 0) is 17.5 Å². The lowest BCUT2D eigenvalue weighted by molar-refractivity contribution is 0.799. The maximum absolute atomic E-state index is 4.69. The first kappa shape index (κ1) is 11.7. The summed E-state index contributed by atoms with van der Waals surface area (Å²) in [5.41, 5.74) is 2.60. The Morgan fingerprint density at radius 3 is 2.56 bits per heavy atom. The van der Waals surface area contributed by atoms with E-state index in [0.29, 0.717) is 11.8 Å². The Bertz CT molecular complexity index is 694. The second-order valence-electron chi connectivity index (χ2n) is 5.47. The van der Waals surface area contributed by atoms with Gasteiger partial charge >= 0.3 is 0 Å². The van der Waals surface area contributed by atoms with E-state index in [4.69, 9.17) is 0 Å². The van der Waals surface area contributed by atoms with Gasteiger partial charge in [-0.25, -0.2) is 4.98 Å². The van der Waals surface area contributed by atoms with Crippen LogP contribution in [0.5, 0.6) is 0 Å². The Morgan fingerprint density at radius 2 is 1.89 bits per heavy atom. The van der Waals surface area contributed by atoms with Crippen LogP contribution < -0.4 is 0 Å². The number of hydrogen-bond acceptors (Lipinski definition) is 2. The van der Waals surface area contributed by atoms with Crippen LogP contribution in [-0.2, 0) is 0 Å². The summed E-state index contributed by atoms with van der Waals surface area (Å²) in [5, 5.41) is 1.30. The zero-order valence-electron chi connectivity index (χ0n) is 11.2. The lowest BCUT2D eigenvalue weighted by atomic mass is 10.0. The number of fused-ring (bicyclic) bond motifs is 3. The minimum Gasteiger partial charge on any atom is -0.341 e. The Kier molecular flexibility index (Phi) is 2.67. The molecule has 0 atom stereocenters. The molecule has 0 aliphatic rings. The number of benzene rings is 1. The highest BCUT2D eigenvalue weighted by atomic mass is 32.1. The number of rotatable bonds is 2. The number of aromatic amines is 1. The summed E-state index contributed by atoms with van der Waals surface area (Å²) in [6.07, 6.45) is 0. The van der Waals surface area contributed by atoms with Gasteiger partial charge in [0.05, 0.1) is 5.52 Å². The maximum atomic E-state index is 4.69. The van der Waals surface area contributed by atoms with E-state index in [-0.39, 0.29) is 0 Å². The molecule has 1 aromatic carbocycles. The fourth-order valence-electron chi connectivity index (χ4n) is 2.20. The minimum absolute atomic E-state index is 0.453. The molecule has 0 amide bonds. The molecule has 1 N–H and O–H groups in total. The molecule has 0 aliphatic heterocycles. The molecule has 2 aromatic heterocycles. The van der Waals surface area contributed by atoms with Crippen molar-refractivity contribution < 1.29 is 0 Å². The SMILES string of the molecule is CC(C)c1ccc2c(c1)sc1nc(C(C)C)[nH]c12. The van der Waals surface area contributed by atoms with Crippen molar-refractivity contribution in [3.05, 3.63) is 29.6 Å². The first-order valence-electron chi connectivity index (χ1n) is 6.48. The van der Waals surface area contributed by atoms with Crippen molar-refractivity contribution in [2.45, 2.75) is 39.5 Å². The maximum Gasteiger partial charge on any atom is 0.142 e. The summed E-state index contributed by atoms with van der Waals surface area (Å²) in [4.78, 5) is 9.29. The second-order valence-corrected chi connectivity index (χ2v) is 6.50. The van der Waals surface area contributed by atoms with E-state index >= 15 is 0 Å². The quantitative estimate of drug-likeness (QED) is 0.686. The summed E-state index contributed by atoms with van der Waals surface area (Å²) >= 11 is 1.79. The van der Waals surface area contributed by atoms with Gasteiger partial charge in [0.15, 0.2) is 0 Å². The van der Waals surface area contributed by atoms with E-state index in [0.717, 1.165) is 10.7 Å². The zero-order valence-corrected chi connectivity index (χ0v) is 12.1. The number of H-pyrrole nitrogens is 1. The topological polar surface area (TPSA) is 28.7 Å². The average molecular weight is 258 g/mol. The Hall–Kier alpha value is -1.35. The second kappa shape index (κ2) is 4.09. The van der Waals surface area contributed by atoms with Crippen molar-refractivity contribution in [1.82, 2.24) is 9.97 Å². The number of nitrogens with one attached hydrogen (secondary N) is 1.